The molecule has 19 heavy (non-hydrogen) atoms. The highest BCUT2D eigenvalue weighted by Gasteiger charge is 2.15. The Balaban J connectivity index is 2.20. The second-order valence-corrected chi connectivity index (χ2v) is 3.92. The highest BCUT2D eigenvalue weighted by Crippen LogP contribution is 2.21. The number of methoxy groups -OCH3 is 1. The van der Waals surface area contributed by atoms with E-state index in [0.717, 1.165) is 6.07 Å². The van der Waals surface area contributed by atoms with Crippen molar-refractivity contribution in [1.82, 2.24) is 9.97 Å². The molecular formula is C13H12F2N2O2. The topological polar surface area (TPSA) is 55.2 Å². The number of ether oxygens (including phenoxy) is 1. The fourth-order valence-corrected chi connectivity index (χ4v) is 1.67. The van der Waals surface area contributed by atoms with Gasteiger partial charge in [-0.25, -0.2) is 18.7 Å². The van der Waals surface area contributed by atoms with Gasteiger partial charge in [0.15, 0.2) is 11.6 Å². The normalized spacial score (nSPS) is 12.2. The number of rotatable bonds is 4. The molecule has 1 atom stereocenters. The maximum Gasteiger partial charge on any atom is 0.216 e. The molecular weight excluding hydrogens is 254 g/mol. The SMILES string of the molecule is COc1cc(C(O)Cc2cccc(F)c2F)ncn1. The van der Waals surface area contributed by atoms with E-state index in [1.807, 2.05) is 0 Å². The van der Waals surface area contributed by atoms with E-state index in [2.05, 4.69) is 9.97 Å². The van der Waals surface area contributed by atoms with Gasteiger partial charge in [-0.3, -0.25) is 0 Å². The van der Waals surface area contributed by atoms with Gasteiger partial charge in [-0.2, -0.15) is 0 Å². The summed E-state index contributed by atoms with van der Waals surface area (Å²) in [5.41, 5.74) is 0.376. The van der Waals surface area contributed by atoms with Crippen molar-refractivity contribution < 1.29 is 18.6 Å². The Morgan fingerprint density at radius 1 is 1.32 bits per heavy atom. The molecule has 2 aromatic rings. The van der Waals surface area contributed by atoms with Gasteiger partial charge in [0, 0.05) is 12.5 Å². The Morgan fingerprint density at radius 3 is 2.84 bits per heavy atom. The molecule has 6 heteroatoms. The molecule has 0 saturated carbocycles. The quantitative estimate of drug-likeness (QED) is 0.920. The van der Waals surface area contributed by atoms with Crippen molar-refractivity contribution in [2.45, 2.75) is 12.5 Å². The molecule has 0 spiro atoms. The Bertz CT molecular complexity index is 578. The Morgan fingerprint density at radius 2 is 2.11 bits per heavy atom. The summed E-state index contributed by atoms with van der Waals surface area (Å²) in [7, 11) is 1.44. The molecule has 0 saturated heterocycles. The highest BCUT2D eigenvalue weighted by molar-refractivity contribution is 5.22. The fourth-order valence-electron chi connectivity index (χ4n) is 1.67. The van der Waals surface area contributed by atoms with E-state index in [9.17, 15) is 13.9 Å². The van der Waals surface area contributed by atoms with Crippen LogP contribution in [0.1, 0.15) is 17.4 Å². The van der Waals surface area contributed by atoms with Crippen LogP contribution in [0.25, 0.3) is 0 Å². The monoisotopic (exact) mass is 266 g/mol. The zero-order valence-electron chi connectivity index (χ0n) is 10.2. The average Bonchev–Trinajstić information content (AvgIpc) is 2.44. The number of aliphatic hydroxyl groups excluding tert-OH is 1. The van der Waals surface area contributed by atoms with E-state index in [1.165, 1.54) is 31.6 Å². The third kappa shape index (κ3) is 3.03. The molecule has 0 bridgehead atoms. The maximum atomic E-state index is 13.5. The molecule has 2 rings (SSSR count). The summed E-state index contributed by atoms with van der Waals surface area (Å²) in [5, 5.41) is 9.97. The zero-order valence-corrected chi connectivity index (χ0v) is 10.2. The summed E-state index contributed by atoms with van der Waals surface area (Å²) < 4.78 is 31.4. The third-order valence-electron chi connectivity index (χ3n) is 2.66. The minimum Gasteiger partial charge on any atom is -0.481 e. The molecule has 0 radical (unpaired) electrons. The Kier molecular flexibility index (Phi) is 4.01. The molecule has 0 aliphatic carbocycles. The first-order chi connectivity index (χ1) is 9.11. The van der Waals surface area contributed by atoms with E-state index >= 15 is 0 Å². The minimum atomic E-state index is -1.06. The van der Waals surface area contributed by atoms with E-state index in [1.54, 1.807) is 0 Å². The van der Waals surface area contributed by atoms with Crippen molar-refractivity contribution in [3.63, 3.8) is 0 Å². The van der Waals surface area contributed by atoms with Crippen LogP contribution in [0.5, 0.6) is 5.88 Å². The van der Waals surface area contributed by atoms with Crippen LogP contribution in [-0.2, 0) is 6.42 Å². The third-order valence-corrected chi connectivity index (χ3v) is 2.66. The molecule has 1 N–H and O–H groups in total. The first-order valence-corrected chi connectivity index (χ1v) is 5.58. The Labute approximate surface area is 108 Å². The smallest absolute Gasteiger partial charge is 0.216 e. The van der Waals surface area contributed by atoms with Gasteiger partial charge in [0.2, 0.25) is 5.88 Å². The highest BCUT2D eigenvalue weighted by atomic mass is 19.2. The van der Waals surface area contributed by atoms with Crippen LogP contribution >= 0.6 is 0 Å². The van der Waals surface area contributed by atoms with Crippen LogP contribution in [0.3, 0.4) is 0 Å². The number of hydrogen-bond donors (Lipinski definition) is 1. The molecule has 1 heterocycles. The van der Waals surface area contributed by atoms with Crippen molar-refractivity contribution in [1.29, 1.82) is 0 Å². The number of aromatic nitrogens is 2. The first-order valence-electron chi connectivity index (χ1n) is 5.58. The molecule has 4 nitrogen and oxygen atoms in total. The molecule has 0 fully saturated rings. The summed E-state index contributed by atoms with van der Waals surface area (Å²) in [6.45, 7) is 0. The lowest BCUT2D eigenvalue weighted by Gasteiger charge is -2.11. The lowest BCUT2D eigenvalue weighted by Crippen LogP contribution is -2.07. The van der Waals surface area contributed by atoms with E-state index in [4.69, 9.17) is 4.74 Å². The number of nitrogens with zero attached hydrogens (tertiary/aromatic N) is 2. The number of hydrogen-bond acceptors (Lipinski definition) is 4. The van der Waals surface area contributed by atoms with Crippen LogP contribution in [0, 0.1) is 11.6 Å². The molecule has 0 aliphatic rings. The van der Waals surface area contributed by atoms with Crippen molar-refractivity contribution in [3.8, 4) is 5.88 Å². The first kappa shape index (κ1) is 13.4. The van der Waals surface area contributed by atoms with Crippen molar-refractivity contribution in [2.75, 3.05) is 7.11 Å². The second-order valence-electron chi connectivity index (χ2n) is 3.92. The van der Waals surface area contributed by atoms with E-state index < -0.39 is 17.7 Å². The lowest BCUT2D eigenvalue weighted by molar-refractivity contribution is 0.171. The van der Waals surface area contributed by atoms with Crippen LogP contribution in [0.2, 0.25) is 0 Å². The molecule has 1 aromatic heterocycles. The van der Waals surface area contributed by atoms with Crippen molar-refractivity contribution >= 4 is 0 Å². The number of halogens is 2. The van der Waals surface area contributed by atoms with Crippen molar-refractivity contribution in [2.24, 2.45) is 0 Å². The van der Waals surface area contributed by atoms with Gasteiger partial charge in [0.25, 0.3) is 0 Å². The van der Waals surface area contributed by atoms with Gasteiger partial charge in [0.05, 0.1) is 12.8 Å². The van der Waals surface area contributed by atoms with E-state index in [-0.39, 0.29) is 17.7 Å². The minimum absolute atomic E-state index is 0.0796. The van der Waals surface area contributed by atoms with Crippen LogP contribution in [-0.4, -0.2) is 22.2 Å². The van der Waals surface area contributed by atoms with Crippen molar-refractivity contribution in [3.05, 3.63) is 53.5 Å². The van der Waals surface area contributed by atoms with E-state index in [0.29, 0.717) is 5.88 Å². The fraction of sp³-hybridized carbons (Fsp3) is 0.231. The summed E-state index contributed by atoms with van der Waals surface area (Å²) in [4.78, 5) is 7.68. The van der Waals surface area contributed by atoms with Gasteiger partial charge in [-0.1, -0.05) is 12.1 Å². The number of aliphatic hydroxyl groups is 1. The average molecular weight is 266 g/mol. The molecule has 1 unspecified atom stereocenters. The summed E-state index contributed by atoms with van der Waals surface area (Å²) in [6, 6.07) is 5.28. The van der Waals surface area contributed by atoms with Gasteiger partial charge < -0.3 is 9.84 Å². The number of benzene rings is 1. The molecule has 100 valence electrons. The van der Waals surface area contributed by atoms with Gasteiger partial charge in [-0.05, 0) is 11.6 Å². The predicted octanol–water partition coefficient (Wildman–Crippen LogP) is 2.04. The van der Waals surface area contributed by atoms with Crippen LogP contribution in [0.4, 0.5) is 8.78 Å². The standard InChI is InChI=1S/C13H12F2N2O2/c1-19-12-6-10(16-7-17-12)11(18)5-8-3-2-4-9(14)13(8)15/h2-4,6-7,11,18H,5H2,1H3. The van der Waals surface area contributed by atoms with Crippen LogP contribution < -0.4 is 4.74 Å². The molecule has 0 aliphatic heterocycles. The van der Waals surface area contributed by atoms with Gasteiger partial charge >= 0.3 is 0 Å². The van der Waals surface area contributed by atoms with Gasteiger partial charge in [0.1, 0.15) is 12.4 Å². The summed E-state index contributed by atoms with van der Waals surface area (Å²) >= 11 is 0. The van der Waals surface area contributed by atoms with Gasteiger partial charge in [-0.15, -0.1) is 0 Å². The summed E-state index contributed by atoms with van der Waals surface area (Å²) in [6.07, 6.45) is 0.0940. The summed E-state index contributed by atoms with van der Waals surface area (Å²) in [5.74, 6) is -1.60. The Hall–Kier alpha value is -2.08. The lowest BCUT2D eigenvalue weighted by atomic mass is 10.0. The maximum absolute atomic E-state index is 13.5. The predicted molar refractivity (Wildman–Crippen MR) is 63.6 cm³/mol. The zero-order chi connectivity index (χ0) is 13.8. The van der Waals surface area contributed by atoms with Crippen LogP contribution in [0.15, 0.2) is 30.6 Å². The molecule has 0 amide bonds. The largest absolute Gasteiger partial charge is 0.481 e. The molecule has 1 aromatic carbocycles. The second kappa shape index (κ2) is 5.71.